The van der Waals surface area contributed by atoms with Gasteiger partial charge >= 0.3 is 6.61 Å². The summed E-state index contributed by atoms with van der Waals surface area (Å²) in [5, 5.41) is 0. The molecule has 0 unspecified atom stereocenters. The summed E-state index contributed by atoms with van der Waals surface area (Å²) in [5.74, 6) is 0.338. The summed E-state index contributed by atoms with van der Waals surface area (Å²) in [5.41, 5.74) is 1.65. The van der Waals surface area contributed by atoms with Gasteiger partial charge in [-0.05, 0) is 25.7 Å². The van der Waals surface area contributed by atoms with Crippen LogP contribution >= 0.6 is 0 Å². The summed E-state index contributed by atoms with van der Waals surface area (Å²) < 4.78 is 43.8. The molecule has 5 rings (SSSR count). The third kappa shape index (κ3) is 5.03. The van der Waals surface area contributed by atoms with E-state index in [9.17, 15) is 8.78 Å². The molecule has 0 atom stereocenters. The van der Waals surface area contributed by atoms with Gasteiger partial charge in [-0.1, -0.05) is 91.0 Å². The Balaban J connectivity index is 1.64. The Kier molecular flexibility index (Phi) is 7.12. The number of nitrogens with zero attached hydrogens (tertiary/aromatic N) is 1. The van der Waals surface area contributed by atoms with Gasteiger partial charge in [-0.15, -0.1) is 0 Å². The second-order valence-corrected chi connectivity index (χ2v) is 8.75. The Hall–Kier alpha value is -3.93. The van der Waals surface area contributed by atoms with Gasteiger partial charge in [-0.3, -0.25) is 0 Å². The fourth-order valence-corrected chi connectivity index (χ4v) is 4.78. The molecule has 6 heteroatoms. The number of alkyl halides is 2. The molecule has 4 aromatic rings. The van der Waals surface area contributed by atoms with Crippen molar-refractivity contribution in [3.63, 3.8) is 0 Å². The molecule has 184 valence electrons. The van der Waals surface area contributed by atoms with Crippen LogP contribution < -0.4 is 14.2 Å². The maximum atomic E-state index is 13.1. The number of halogens is 2. The summed E-state index contributed by atoms with van der Waals surface area (Å²) in [6, 6.07) is 31.2. The van der Waals surface area contributed by atoms with Crippen LogP contribution in [0.1, 0.15) is 42.4 Å². The Morgan fingerprint density at radius 3 is 1.69 bits per heavy atom. The summed E-state index contributed by atoms with van der Waals surface area (Å²) in [4.78, 5) is 4.37. The fraction of sp³-hybridized carbons (Fsp3) is 0.233. The topological polar surface area (TPSA) is 40.6 Å². The van der Waals surface area contributed by atoms with Gasteiger partial charge in [0, 0.05) is 22.8 Å². The third-order valence-electron chi connectivity index (χ3n) is 6.42. The van der Waals surface area contributed by atoms with Crippen molar-refractivity contribution < 1.29 is 23.0 Å². The second-order valence-electron chi connectivity index (χ2n) is 8.75. The van der Waals surface area contributed by atoms with E-state index in [1.54, 1.807) is 6.07 Å². The SMILES string of the molecule is FC(F)Oc1cnc(OC(c2ccccc2)(c2ccccc2)c2ccccc2)cc1OC1CCCC1. The minimum atomic E-state index is -2.98. The molecule has 0 spiro atoms. The van der Waals surface area contributed by atoms with E-state index >= 15 is 0 Å². The van der Waals surface area contributed by atoms with Gasteiger partial charge < -0.3 is 14.2 Å². The number of benzene rings is 3. The molecule has 1 aliphatic rings. The van der Waals surface area contributed by atoms with Gasteiger partial charge in [0.15, 0.2) is 17.1 Å². The van der Waals surface area contributed by atoms with Crippen LogP contribution in [0.5, 0.6) is 17.4 Å². The summed E-state index contributed by atoms with van der Waals surface area (Å²) in [6.45, 7) is -2.98. The highest BCUT2D eigenvalue weighted by atomic mass is 19.3. The lowest BCUT2D eigenvalue weighted by atomic mass is 9.80. The summed E-state index contributed by atoms with van der Waals surface area (Å²) >= 11 is 0. The first kappa shape index (κ1) is 23.8. The van der Waals surface area contributed by atoms with E-state index in [1.165, 1.54) is 6.20 Å². The highest BCUT2D eigenvalue weighted by Crippen LogP contribution is 2.42. The van der Waals surface area contributed by atoms with E-state index in [0.29, 0.717) is 0 Å². The van der Waals surface area contributed by atoms with Gasteiger partial charge in [-0.2, -0.15) is 8.78 Å². The molecule has 36 heavy (non-hydrogen) atoms. The lowest BCUT2D eigenvalue weighted by molar-refractivity contribution is -0.0524. The molecule has 0 amide bonds. The van der Waals surface area contributed by atoms with Gasteiger partial charge in [0.1, 0.15) is 0 Å². The van der Waals surface area contributed by atoms with Crippen LogP contribution in [0.3, 0.4) is 0 Å². The van der Waals surface area contributed by atoms with Crippen LogP contribution in [0.2, 0.25) is 0 Å². The van der Waals surface area contributed by atoms with E-state index in [2.05, 4.69) is 4.98 Å². The molecular formula is C30H27F2NO3. The standard InChI is InChI=1S/C30H27F2NO3/c31-29(32)35-27-21-33-28(20-26(27)34-25-18-10-11-19-25)36-30(22-12-4-1-5-13-22,23-14-6-2-7-15-23)24-16-8-3-9-17-24/h1-9,12-17,20-21,25,29H,10-11,18-19H2. The van der Waals surface area contributed by atoms with Gasteiger partial charge in [-0.25, -0.2) is 4.98 Å². The Morgan fingerprint density at radius 2 is 1.22 bits per heavy atom. The van der Waals surface area contributed by atoms with Crippen molar-refractivity contribution in [2.75, 3.05) is 0 Å². The molecule has 1 saturated carbocycles. The maximum absolute atomic E-state index is 13.1. The number of rotatable bonds is 9. The van der Waals surface area contributed by atoms with Crippen molar-refractivity contribution in [1.29, 1.82) is 0 Å². The summed E-state index contributed by atoms with van der Waals surface area (Å²) in [7, 11) is 0. The van der Waals surface area contributed by atoms with Crippen molar-refractivity contribution in [1.82, 2.24) is 4.98 Å². The highest BCUT2D eigenvalue weighted by Gasteiger charge is 2.39. The van der Waals surface area contributed by atoms with Crippen LogP contribution in [0.4, 0.5) is 8.78 Å². The number of hydrogen-bond acceptors (Lipinski definition) is 4. The lowest BCUT2D eigenvalue weighted by Crippen LogP contribution is -2.36. The molecule has 1 aromatic heterocycles. The van der Waals surface area contributed by atoms with E-state index in [1.807, 2.05) is 91.0 Å². The van der Waals surface area contributed by atoms with E-state index < -0.39 is 12.2 Å². The normalized spacial score (nSPS) is 14.1. The largest absolute Gasteiger partial charge is 0.486 e. The quantitative estimate of drug-likeness (QED) is 0.231. The molecule has 0 aliphatic heterocycles. The molecule has 3 aromatic carbocycles. The second kappa shape index (κ2) is 10.8. The Morgan fingerprint density at radius 1 is 0.722 bits per heavy atom. The minimum absolute atomic E-state index is 0.0533. The van der Waals surface area contributed by atoms with E-state index in [-0.39, 0.29) is 23.5 Å². The zero-order chi connectivity index (χ0) is 24.8. The molecule has 4 nitrogen and oxygen atoms in total. The molecule has 1 aliphatic carbocycles. The smallest absolute Gasteiger partial charge is 0.387 e. The first-order chi connectivity index (χ1) is 17.6. The monoisotopic (exact) mass is 487 g/mol. The van der Waals surface area contributed by atoms with E-state index in [0.717, 1.165) is 42.4 Å². The highest BCUT2D eigenvalue weighted by molar-refractivity contribution is 5.49. The van der Waals surface area contributed by atoms with Gasteiger partial charge in [0.2, 0.25) is 5.88 Å². The average Bonchev–Trinajstić information content (AvgIpc) is 3.43. The van der Waals surface area contributed by atoms with Crippen molar-refractivity contribution in [2.24, 2.45) is 0 Å². The average molecular weight is 488 g/mol. The molecule has 0 N–H and O–H groups in total. The van der Waals surface area contributed by atoms with Crippen molar-refractivity contribution in [3.05, 3.63) is 120 Å². The van der Waals surface area contributed by atoms with Gasteiger partial charge in [0.05, 0.1) is 12.3 Å². The number of aromatic nitrogens is 1. The van der Waals surface area contributed by atoms with E-state index in [4.69, 9.17) is 14.2 Å². The Bertz CT molecular complexity index is 1150. The lowest BCUT2D eigenvalue weighted by Gasteiger charge is -2.36. The first-order valence-electron chi connectivity index (χ1n) is 12.1. The van der Waals surface area contributed by atoms with Crippen molar-refractivity contribution in [2.45, 2.75) is 44.0 Å². The minimum Gasteiger partial charge on any atom is -0.486 e. The van der Waals surface area contributed by atoms with Crippen LogP contribution in [-0.2, 0) is 5.60 Å². The predicted octanol–water partition coefficient (Wildman–Crippen LogP) is 7.38. The van der Waals surface area contributed by atoms with Gasteiger partial charge in [0.25, 0.3) is 0 Å². The van der Waals surface area contributed by atoms with Crippen LogP contribution in [-0.4, -0.2) is 17.7 Å². The van der Waals surface area contributed by atoms with Crippen molar-refractivity contribution in [3.8, 4) is 17.4 Å². The molecular weight excluding hydrogens is 460 g/mol. The van der Waals surface area contributed by atoms with Crippen LogP contribution in [0.15, 0.2) is 103 Å². The predicted molar refractivity (Wildman–Crippen MR) is 134 cm³/mol. The molecule has 1 heterocycles. The Labute approximate surface area is 209 Å². The number of pyridine rings is 1. The van der Waals surface area contributed by atoms with Crippen molar-refractivity contribution >= 4 is 0 Å². The zero-order valence-corrected chi connectivity index (χ0v) is 19.7. The molecule has 0 saturated heterocycles. The number of hydrogen-bond donors (Lipinski definition) is 0. The fourth-order valence-electron chi connectivity index (χ4n) is 4.78. The third-order valence-corrected chi connectivity index (χ3v) is 6.42. The molecule has 1 fully saturated rings. The summed E-state index contributed by atoms with van der Waals surface area (Å²) in [6.07, 6.45) is 5.02. The van der Waals surface area contributed by atoms with Crippen LogP contribution in [0.25, 0.3) is 0 Å². The number of ether oxygens (including phenoxy) is 3. The molecule has 0 radical (unpaired) electrons. The van der Waals surface area contributed by atoms with Crippen LogP contribution in [0, 0.1) is 0 Å². The molecule has 0 bridgehead atoms. The first-order valence-corrected chi connectivity index (χ1v) is 12.1. The zero-order valence-electron chi connectivity index (χ0n) is 19.7. The maximum Gasteiger partial charge on any atom is 0.387 e.